The smallest absolute Gasteiger partial charge is 0.0543 e. The van der Waals surface area contributed by atoms with Crippen molar-refractivity contribution in [3.63, 3.8) is 0 Å². The van der Waals surface area contributed by atoms with Crippen molar-refractivity contribution in [2.75, 3.05) is 4.90 Å². The molecule has 1 nitrogen and oxygen atoms in total. The van der Waals surface area contributed by atoms with Gasteiger partial charge in [0.2, 0.25) is 0 Å². The predicted molar refractivity (Wildman–Crippen MR) is 208 cm³/mol. The molecule has 6 aliphatic carbocycles. The van der Waals surface area contributed by atoms with Gasteiger partial charge in [-0.05, 0) is 131 Å². The van der Waals surface area contributed by atoms with Crippen LogP contribution >= 0.6 is 11.3 Å². The molecule has 6 aliphatic rings. The van der Waals surface area contributed by atoms with Gasteiger partial charge in [-0.2, -0.15) is 0 Å². The Bertz CT molecular complexity index is 2350. The number of hydrogen-bond donors (Lipinski definition) is 0. The van der Waals surface area contributed by atoms with Gasteiger partial charge in [0, 0.05) is 36.8 Å². The molecule has 0 amide bonds. The Morgan fingerprint density at radius 3 is 2.22 bits per heavy atom. The summed E-state index contributed by atoms with van der Waals surface area (Å²) in [6, 6.07) is 40.5. The predicted octanol–water partition coefficient (Wildman–Crippen LogP) is 13.2. The first kappa shape index (κ1) is 28.9. The van der Waals surface area contributed by atoms with Crippen molar-refractivity contribution in [1.29, 1.82) is 0 Å². The zero-order valence-electron chi connectivity index (χ0n) is 29.2. The summed E-state index contributed by atoms with van der Waals surface area (Å²) in [6.45, 7) is 9.90. The fourth-order valence-corrected chi connectivity index (χ4v) is 13.5. The first-order valence-corrected chi connectivity index (χ1v) is 19.7. The van der Waals surface area contributed by atoms with Crippen molar-refractivity contribution in [3.8, 4) is 11.1 Å². The number of nitrogens with zero attached hydrogens (tertiary/aromatic N) is 1. The van der Waals surface area contributed by atoms with E-state index in [0.717, 1.165) is 23.7 Å². The lowest BCUT2D eigenvalue weighted by molar-refractivity contribution is 0.191. The molecule has 12 rings (SSSR count). The highest BCUT2D eigenvalue weighted by atomic mass is 32.1. The Hall–Kier alpha value is -3.88. The largest absolute Gasteiger partial charge is 0.310 e. The quantitative estimate of drug-likeness (QED) is 0.183. The van der Waals surface area contributed by atoms with E-state index in [9.17, 15) is 0 Å². The van der Waals surface area contributed by atoms with Crippen LogP contribution in [0.25, 0.3) is 31.3 Å². The zero-order chi connectivity index (χ0) is 32.9. The van der Waals surface area contributed by atoms with E-state index < -0.39 is 0 Å². The van der Waals surface area contributed by atoms with Crippen LogP contribution in [0.3, 0.4) is 0 Å². The Kier molecular flexibility index (Phi) is 5.70. The topological polar surface area (TPSA) is 3.24 Å². The van der Waals surface area contributed by atoms with Gasteiger partial charge in [-0.15, -0.1) is 11.3 Å². The highest BCUT2D eigenvalue weighted by molar-refractivity contribution is 7.25. The molecule has 0 radical (unpaired) electrons. The highest BCUT2D eigenvalue weighted by Gasteiger charge is 2.66. The first-order valence-electron chi connectivity index (χ1n) is 18.8. The minimum atomic E-state index is 0.0714. The van der Waals surface area contributed by atoms with Gasteiger partial charge >= 0.3 is 0 Å². The van der Waals surface area contributed by atoms with Crippen LogP contribution in [-0.4, -0.2) is 0 Å². The molecule has 244 valence electrons. The summed E-state index contributed by atoms with van der Waals surface area (Å²) in [5.41, 5.74) is 13.6. The highest BCUT2D eigenvalue weighted by Crippen LogP contribution is 2.73. The van der Waals surface area contributed by atoms with Crippen molar-refractivity contribution in [2.24, 2.45) is 23.7 Å². The van der Waals surface area contributed by atoms with Gasteiger partial charge in [0.15, 0.2) is 0 Å². The van der Waals surface area contributed by atoms with Crippen LogP contribution in [0.1, 0.15) is 88.5 Å². The average Bonchev–Trinajstić information content (AvgIpc) is 3.78. The van der Waals surface area contributed by atoms with Gasteiger partial charge in [0.25, 0.3) is 0 Å². The van der Waals surface area contributed by atoms with Crippen LogP contribution in [0.15, 0.2) is 103 Å². The van der Waals surface area contributed by atoms with E-state index >= 15 is 0 Å². The van der Waals surface area contributed by atoms with Crippen LogP contribution in [0, 0.1) is 23.7 Å². The number of rotatable bonds is 3. The second-order valence-electron chi connectivity index (χ2n) is 17.6. The third kappa shape index (κ3) is 3.67. The molecule has 5 aromatic carbocycles. The van der Waals surface area contributed by atoms with Gasteiger partial charge in [-0.1, -0.05) is 100 Å². The second kappa shape index (κ2) is 9.67. The molecular weight excluding hydrogens is 611 g/mol. The summed E-state index contributed by atoms with van der Waals surface area (Å²) >= 11 is 1.93. The van der Waals surface area contributed by atoms with E-state index in [1.54, 1.807) is 11.1 Å². The Morgan fingerprint density at radius 1 is 0.612 bits per heavy atom. The molecule has 1 aromatic heterocycles. The Balaban J connectivity index is 1.22. The molecule has 0 saturated heterocycles. The number of benzene rings is 5. The lowest BCUT2D eigenvalue weighted by Gasteiger charge is -2.45. The van der Waals surface area contributed by atoms with Gasteiger partial charge in [0.1, 0.15) is 0 Å². The molecular formula is C47H45NS. The van der Waals surface area contributed by atoms with Crippen LogP contribution in [0.5, 0.6) is 0 Å². The summed E-state index contributed by atoms with van der Waals surface area (Å²) in [7, 11) is 0. The van der Waals surface area contributed by atoms with Gasteiger partial charge in [-0.25, -0.2) is 0 Å². The van der Waals surface area contributed by atoms with Crippen LogP contribution in [0.4, 0.5) is 17.1 Å². The van der Waals surface area contributed by atoms with E-state index in [4.69, 9.17) is 0 Å². The van der Waals surface area contributed by atoms with Crippen molar-refractivity contribution in [2.45, 2.75) is 82.5 Å². The standard InChI is InChI=1S/C47H45NS/c1-45(2)21-22-46(3,4)44-37(45)15-10-17-40(44)48(31-19-20-33-32-11-6-8-18-41(32)49-42(33)27-31)39-16-9-14-36-43(39)34-12-5-7-13-35(34)47(36)30-24-28-23-29(26-30)38(47)25-28/h5-20,27-30,38H,21-26H2,1-4H3. The summed E-state index contributed by atoms with van der Waals surface area (Å²) in [6.07, 6.45) is 8.11. The molecule has 1 heterocycles. The number of fused-ring (bicyclic) bond motifs is 7. The molecule has 5 unspecified atom stereocenters. The number of hydrogen-bond acceptors (Lipinski definition) is 2. The van der Waals surface area contributed by atoms with Crippen molar-refractivity contribution >= 4 is 48.6 Å². The molecule has 4 fully saturated rings. The molecule has 1 spiro atoms. The summed E-state index contributed by atoms with van der Waals surface area (Å²) in [4.78, 5) is 2.70. The maximum absolute atomic E-state index is 2.70. The maximum atomic E-state index is 2.70. The van der Waals surface area contributed by atoms with Crippen molar-refractivity contribution < 1.29 is 0 Å². The first-order chi connectivity index (χ1) is 23.8. The summed E-state index contributed by atoms with van der Waals surface area (Å²) in [5, 5.41) is 2.73. The maximum Gasteiger partial charge on any atom is 0.0543 e. The SMILES string of the molecule is CC1(C)CCC(C)(C)c2c(N(c3ccc4c(c3)sc3ccccc34)c3cccc4c3-c3ccccc3C43C4CC5CC(C4)C3C5)cccc21. The Morgan fingerprint density at radius 2 is 1.35 bits per heavy atom. The van der Waals surface area contributed by atoms with Gasteiger partial charge < -0.3 is 4.90 Å². The zero-order valence-corrected chi connectivity index (χ0v) is 30.0. The average molecular weight is 656 g/mol. The fraction of sp³-hybridized carbons (Fsp3) is 0.362. The second-order valence-corrected chi connectivity index (χ2v) is 18.7. The summed E-state index contributed by atoms with van der Waals surface area (Å²) in [5.74, 6) is 3.38. The molecule has 0 aliphatic heterocycles. The number of thiophene rings is 1. The molecule has 6 aromatic rings. The van der Waals surface area contributed by atoms with Crippen LogP contribution < -0.4 is 4.90 Å². The van der Waals surface area contributed by atoms with E-state index in [0.29, 0.717) is 0 Å². The monoisotopic (exact) mass is 655 g/mol. The third-order valence-corrected chi connectivity index (χ3v) is 15.4. The van der Waals surface area contributed by atoms with E-state index in [-0.39, 0.29) is 16.2 Å². The Labute approximate surface area is 295 Å². The van der Waals surface area contributed by atoms with Crippen LogP contribution in [-0.2, 0) is 16.2 Å². The normalized spacial score (nSPS) is 27.9. The molecule has 2 heteroatoms. The minimum Gasteiger partial charge on any atom is -0.310 e. The van der Waals surface area contributed by atoms with Gasteiger partial charge in [-0.3, -0.25) is 0 Å². The van der Waals surface area contributed by atoms with E-state index in [2.05, 4.69) is 136 Å². The lowest BCUT2D eigenvalue weighted by atomic mass is 9.59. The van der Waals surface area contributed by atoms with Crippen molar-refractivity contribution in [1.82, 2.24) is 0 Å². The number of anilines is 3. The van der Waals surface area contributed by atoms with Gasteiger partial charge in [0.05, 0.1) is 11.4 Å². The lowest BCUT2D eigenvalue weighted by Crippen LogP contribution is -2.40. The summed E-state index contributed by atoms with van der Waals surface area (Å²) < 4.78 is 2.73. The minimum absolute atomic E-state index is 0.0714. The van der Waals surface area contributed by atoms with E-state index in [1.807, 2.05) is 11.3 Å². The molecule has 0 N–H and O–H groups in total. The third-order valence-electron chi connectivity index (χ3n) is 14.3. The molecule has 4 bridgehead atoms. The van der Waals surface area contributed by atoms with E-state index in [1.165, 1.54) is 98.0 Å². The fourth-order valence-electron chi connectivity index (χ4n) is 12.3. The molecule has 4 saturated carbocycles. The molecule has 49 heavy (non-hydrogen) atoms. The molecule has 5 atom stereocenters. The van der Waals surface area contributed by atoms with Crippen molar-refractivity contribution in [3.05, 3.63) is 125 Å². The van der Waals surface area contributed by atoms with Crippen LogP contribution in [0.2, 0.25) is 0 Å².